The molecule has 0 bridgehead atoms. The van der Waals surface area contributed by atoms with E-state index in [9.17, 15) is 9.59 Å². The van der Waals surface area contributed by atoms with Crippen LogP contribution in [0.5, 0.6) is 5.75 Å². The monoisotopic (exact) mass is 414 g/mol. The van der Waals surface area contributed by atoms with Gasteiger partial charge in [0.05, 0.1) is 6.04 Å². The molecule has 1 aromatic heterocycles. The molecule has 1 atom stereocenters. The summed E-state index contributed by atoms with van der Waals surface area (Å²) in [5.74, 6) is 0.644. The molecule has 2 aromatic rings. The summed E-state index contributed by atoms with van der Waals surface area (Å²) >= 11 is 1.73. The number of hydrogen-bond acceptors (Lipinski definition) is 5. The molecule has 0 N–H and O–H groups in total. The number of benzene rings is 1. The summed E-state index contributed by atoms with van der Waals surface area (Å²) in [4.78, 5) is 30.5. The highest BCUT2D eigenvalue weighted by Gasteiger charge is 2.37. The van der Waals surface area contributed by atoms with Gasteiger partial charge in [-0.05, 0) is 48.4 Å². The second kappa shape index (κ2) is 8.97. The third kappa shape index (κ3) is 4.62. The number of methoxy groups -OCH3 is 1. The number of nitrogens with zero attached hydrogens (tertiary/aromatic N) is 2. The third-order valence-corrected chi connectivity index (χ3v) is 6.44. The van der Waals surface area contributed by atoms with Gasteiger partial charge < -0.3 is 19.3 Å². The Morgan fingerprint density at radius 1 is 1.21 bits per heavy atom. The van der Waals surface area contributed by atoms with Crippen LogP contribution in [-0.2, 0) is 20.7 Å². The highest BCUT2D eigenvalue weighted by Crippen LogP contribution is 2.34. The summed E-state index contributed by atoms with van der Waals surface area (Å²) in [6, 6.07) is 11.8. The predicted molar refractivity (Wildman–Crippen MR) is 111 cm³/mol. The topological polar surface area (TPSA) is 59.1 Å². The fraction of sp³-hybridized carbons (Fsp3) is 0.455. The van der Waals surface area contributed by atoms with E-state index in [1.165, 1.54) is 12.0 Å². The van der Waals surface area contributed by atoms with Crippen LogP contribution < -0.4 is 4.74 Å². The molecular formula is C22H26N2O4S. The van der Waals surface area contributed by atoms with E-state index in [4.69, 9.17) is 9.47 Å². The molecule has 7 heteroatoms. The summed E-state index contributed by atoms with van der Waals surface area (Å²) in [6.45, 7) is 1.16. The van der Waals surface area contributed by atoms with Gasteiger partial charge in [-0.2, -0.15) is 0 Å². The Kier molecular flexibility index (Phi) is 6.16. The lowest BCUT2D eigenvalue weighted by Crippen LogP contribution is -2.49. The van der Waals surface area contributed by atoms with Gasteiger partial charge in [0.25, 0.3) is 0 Å². The number of ether oxygens (including phenoxy) is 2. The standard InChI is InChI=1S/C22H26N2O4S/c1-27-15-22(26)24(16-7-8-16)13-21(25)23-11-9-20-18(10-12-29-20)19(23)14-28-17-5-3-2-4-6-17/h2-6,10,12,16,19H,7-9,11,13-15H2,1H3/t19-/m1/s1. The summed E-state index contributed by atoms with van der Waals surface area (Å²) in [7, 11) is 1.50. The maximum Gasteiger partial charge on any atom is 0.249 e. The van der Waals surface area contributed by atoms with Crippen molar-refractivity contribution in [1.82, 2.24) is 9.80 Å². The van der Waals surface area contributed by atoms with Crippen LogP contribution >= 0.6 is 11.3 Å². The Morgan fingerprint density at radius 3 is 2.72 bits per heavy atom. The molecule has 1 fully saturated rings. The summed E-state index contributed by atoms with van der Waals surface area (Å²) < 4.78 is 11.0. The molecule has 1 aromatic carbocycles. The molecule has 4 rings (SSSR count). The first-order valence-corrected chi connectivity index (χ1v) is 10.9. The third-order valence-electron chi connectivity index (χ3n) is 5.45. The fourth-order valence-electron chi connectivity index (χ4n) is 3.82. The lowest BCUT2D eigenvalue weighted by Gasteiger charge is -2.37. The molecule has 1 aliphatic heterocycles. The van der Waals surface area contributed by atoms with Crippen LogP contribution in [0.25, 0.3) is 0 Å². The van der Waals surface area contributed by atoms with Crippen LogP contribution in [0.3, 0.4) is 0 Å². The molecule has 0 spiro atoms. The number of carbonyl (C=O) groups excluding carboxylic acids is 2. The van der Waals surface area contributed by atoms with Gasteiger partial charge in [0, 0.05) is 24.6 Å². The van der Waals surface area contributed by atoms with Crippen LogP contribution in [0.4, 0.5) is 0 Å². The summed E-state index contributed by atoms with van der Waals surface area (Å²) in [5.41, 5.74) is 1.16. The zero-order valence-electron chi connectivity index (χ0n) is 16.6. The van der Waals surface area contributed by atoms with E-state index in [1.54, 1.807) is 16.2 Å². The number of fused-ring (bicyclic) bond motifs is 1. The van der Waals surface area contributed by atoms with Crippen molar-refractivity contribution in [2.75, 3.05) is 33.4 Å². The fourth-order valence-corrected chi connectivity index (χ4v) is 4.74. The van der Waals surface area contributed by atoms with E-state index < -0.39 is 0 Å². The van der Waals surface area contributed by atoms with Crippen molar-refractivity contribution >= 4 is 23.2 Å². The van der Waals surface area contributed by atoms with Crippen molar-refractivity contribution in [1.29, 1.82) is 0 Å². The van der Waals surface area contributed by atoms with E-state index in [-0.39, 0.29) is 37.0 Å². The minimum atomic E-state index is -0.142. The number of thiophene rings is 1. The Bertz CT molecular complexity index is 850. The molecule has 2 heterocycles. The second-order valence-corrected chi connectivity index (χ2v) is 8.46. The maximum atomic E-state index is 13.2. The van der Waals surface area contributed by atoms with Crippen LogP contribution in [0.2, 0.25) is 0 Å². The van der Waals surface area contributed by atoms with Gasteiger partial charge in [0.15, 0.2) is 0 Å². The van der Waals surface area contributed by atoms with Crippen molar-refractivity contribution in [3.63, 3.8) is 0 Å². The lowest BCUT2D eigenvalue weighted by molar-refractivity contribution is -0.145. The van der Waals surface area contributed by atoms with Crippen molar-refractivity contribution in [3.05, 3.63) is 52.2 Å². The van der Waals surface area contributed by atoms with Gasteiger partial charge in [-0.1, -0.05) is 18.2 Å². The van der Waals surface area contributed by atoms with Gasteiger partial charge >= 0.3 is 0 Å². The van der Waals surface area contributed by atoms with E-state index in [0.717, 1.165) is 30.6 Å². The molecule has 0 saturated heterocycles. The highest BCUT2D eigenvalue weighted by atomic mass is 32.1. The molecule has 0 unspecified atom stereocenters. The van der Waals surface area contributed by atoms with Crippen molar-refractivity contribution in [2.24, 2.45) is 0 Å². The maximum absolute atomic E-state index is 13.2. The van der Waals surface area contributed by atoms with Gasteiger partial charge in [-0.3, -0.25) is 9.59 Å². The number of amides is 2. The molecule has 2 amide bonds. The van der Waals surface area contributed by atoms with Gasteiger partial charge in [0.1, 0.15) is 25.5 Å². The minimum absolute atomic E-state index is 0.0129. The van der Waals surface area contributed by atoms with Gasteiger partial charge in [0.2, 0.25) is 11.8 Å². The molecule has 1 aliphatic carbocycles. The first kappa shape index (κ1) is 19.9. The largest absolute Gasteiger partial charge is 0.491 e. The normalized spacial score (nSPS) is 18.2. The number of para-hydroxylation sites is 1. The van der Waals surface area contributed by atoms with E-state index >= 15 is 0 Å². The van der Waals surface area contributed by atoms with E-state index in [0.29, 0.717) is 13.2 Å². The number of hydrogen-bond donors (Lipinski definition) is 0. The summed E-state index contributed by atoms with van der Waals surface area (Å²) in [5, 5.41) is 2.08. The quantitative estimate of drug-likeness (QED) is 0.667. The molecule has 154 valence electrons. The first-order chi connectivity index (χ1) is 14.2. The average Bonchev–Trinajstić information content (AvgIpc) is 3.46. The smallest absolute Gasteiger partial charge is 0.249 e. The molecule has 0 radical (unpaired) electrons. The zero-order chi connectivity index (χ0) is 20.2. The Hall–Kier alpha value is -2.38. The lowest BCUT2D eigenvalue weighted by atomic mass is 10.0. The van der Waals surface area contributed by atoms with Gasteiger partial charge in [-0.15, -0.1) is 11.3 Å². The number of carbonyl (C=O) groups is 2. The van der Waals surface area contributed by atoms with E-state index in [2.05, 4.69) is 11.4 Å². The highest BCUT2D eigenvalue weighted by molar-refractivity contribution is 7.10. The van der Waals surface area contributed by atoms with Crippen molar-refractivity contribution < 1.29 is 19.1 Å². The molecule has 2 aliphatic rings. The molecule has 6 nitrogen and oxygen atoms in total. The van der Waals surface area contributed by atoms with E-state index in [1.807, 2.05) is 35.2 Å². The molecular weight excluding hydrogens is 388 g/mol. The number of rotatable bonds is 8. The van der Waals surface area contributed by atoms with Crippen LogP contribution in [-0.4, -0.2) is 61.1 Å². The predicted octanol–water partition coefficient (Wildman–Crippen LogP) is 2.89. The minimum Gasteiger partial charge on any atom is -0.491 e. The average molecular weight is 415 g/mol. The van der Waals surface area contributed by atoms with Gasteiger partial charge in [-0.25, -0.2) is 0 Å². The molecule has 29 heavy (non-hydrogen) atoms. The second-order valence-electron chi connectivity index (χ2n) is 7.46. The van der Waals surface area contributed by atoms with Crippen LogP contribution in [0.1, 0.15) is 29.3 Å². The van der Waals surface area contributed by atoms with Crippen LogP contribution in [0.15, 0.2) is 41.8 Å². The SMILES string of the molecule is COCC(=O)N(CC(=O)N1CCc2sccc2[C@H]1COc1ccccc1)C1CC1. The first-order valence-electron chi connectivity index (χ1n) is 9.99. The van der Waals surface area contributed by atoms with Crippen molar-refractivity contribution in [2.45, 2.75) is 31.3 Å². The molecule has 1 saturated carbocycles. The van der Waals surface area contributed by atoms with Crippen molar-refractivity contribution in [3.8, 4) is 5.75 Å². The zero-order valence-corrected chi connectivity index (χ0v) is 17.4. The summed E-state index contributed by atoms with van der Waals surface area (Å²) in [6.07, 6.45) is 2.76. The van der Waals surface area contributed by atoms with Crippen LogP contribution in [0, 0.1) is 0 Å². The Labute approximate surface area is 175 Å². The Morgan fingerprint density at radius 2 is 2.00 bits per heavy atom. The Balaban J connectivity index is 1.49.